The molecular weight excluding hydrogens is 242 g/mol. The number of carbonyl (C=O) groups is 1. The van der Waals surface area contributed by atoms with Crippen LogP contribution in [0.3, 0.4) is 0 Å². The Bertz CT molecular complexity index is 527. The zero-order chi connectivity index (χ0) is 12.3. The molecule has 0 aliphatic rings. The van der Waals surface area contributed by atoms with Gasteiger partial charge in [0, 0.05) is 18.0 Å². The number of nitrogens with zero attached hydrogens (tertiary/aromatic N) is 4. The number of aromatic nitrogens is 4. The fourth-order valence-corrected chi connectivity index (χ4v) is 1.77. The highest BCUT2D eigenvalue weighted by molar-refractivity contribution is 7.99. The maximum absolute atomic E-state index is 10.4. The lowest BCUT2D eigenvalue weighted by Crippen LogP contribution is -2.12. The number of carboxylic acids is 1. The number of rotatable bonds is 4. The first-order chi connectivity index (χ1) is 8.18. The molecule has 0 bridgehead atoms. The predicted octanol–water partition coefficient (Wildman–Crippen LogP) is 0.231. The highest BCUT2D eigenvalue weighted by Crippen LogP contribution is 2.20. The van der Waals surface area contributed by atoms with Crippen LogP contribution in [0, 0.1) is 0 Å². The average Bonchev–Trinajstić information content (AvgIpc) is 2.69. The van der Waals surface area contributed by atoms with E-state index in [0.29, 0.717) is 11.0 Å². The van der Waals surface area contributed by atoms with Crippen LogP contribution in [-0.2, 0) is 4.79 Å². The summed E-state index contributed by atoms with van der Waals surface area (Å²) >= 11 is 1.02. The number of nitrogens with two attached hydrogens (primary N) is 1. The van der Waals surface area contributed by atoms with Gasteiger partial charge in [0.1, 0.15) is 0 Å². The van der Waals surface area contributed by atoms with Crippen LogP contribution < -0.4 is 5.84 Å². The molecule has 0 saturated heterocycles. The van der Waals surface area contributed by atoms with Crippen LogP contribution in [0.1, 0.15) is 0 Å². The van der Waals surface area contributed by atoms with E-state index in [9.17, 15) is 4.79 Å². The molecule has 0 amide bonds. The molecule has 0 aliphatic carbocycles. The lowest BCUT2D eigenvalue weighted by atomic mass is 10.3. The predicted molar refractivity (Wildman–Crippen MR) is 61.8 cm³/mol. The molecule has 0 atom stereocenters. The molecule has 2 heterocycles. The van der Waals surface area contributed by atoms with E-state index in [4.69, 9.17) is 10.9 Å². The Balaban J connectivity index is 2.24. The minimum atomic E-state index is -0.930. The largest absolute Gasteiger partial charge is 0.481 e. The molecule has 2 aromatic heterocycles. The van der Waals surface area contributed by atoms with E-state index in [1.54, 1.807) is 24.5 Å². The maximum Gasteiger partial charge on any atom is 0.313 e. The molecule has 0 spiro atoms. The van der Waals surface area contributed by atoms with Gasteiger partial charge in [-0.25, -0.2) is 4.68 Å². The van der Waals surface area contributed by atoms with Crippen LogP contribution in [0.25, 0.3) is 11.4 Å². The van der Waals surface area contributed by atoms with Crippen molar-refractivity contribution < 1.29 is 9.90 Å². The lowest BCUT2D eigenvalue weighted by molar-refractivity contribution is -0.133. The van der Waals surface area contributed by atoms with Crippen molar-refractivity contribution in [2.75, 3.05) is 11.6 Å². The molecular formula is C9H9N5O2S. The summed E-state index contributed by atoms with van der Waals surface area (Å²) in [7, 11) is 0. The minimum Gasteiger partial charge on any atom is -0.481 e. The number of carboxylic acid groups (broad SMARTS) is 1. The molecule has 0 saturated carbocycles. The third-order valence-electron chi connectivity index (χ3n) is 1.91. The van der Waals surface area contributed by atoms with Gasteiger partial charge >= 0.3 is 5.97 Å². The van der Waals surface area contributed by atoms with Gasteiger partial charge in [0.15, 0.2) is 5.82 Å². The number of hydrogen-bond donors (Lipinski definition) is 2. The third-order valence-corrected chi connectivity index (χ3v) is 2.84. The molecule has 2 rings (SSSR count). The van der Waals surface area contributed by atoms with E-state index in [1.165, 1.54) is 4.68 Å². The summed E-state index contributed by atoms with van der Waals surface area (Å²) in [6, 6.07) is 3.56. The van der Waals surface area contributed by atoms with Crippen molar-refractivity contribution in [3.63, 3.8) is 0 Å². The van der Waals surface area contributed by atoms with Crippen LogP contribution in [0.5, 0.6) is 0 Å². The second-order valence-corrected chi connectivity index (χ2v) is 4.04. The van der Waals surface area contributed by atoms with E-state index in [-0.39, 0.29) is 5.75 Å². The number of hydrogen-bond acceptors (Lipinski definition) is 6. The Labute approximate surface area is 101 Å². The smallest absolute Gasteiger partial charge is 0.313 e. The zero-order valence-corrected chi connectivity index (χ0v) is 9.46. The van der Waals surface area contributed by atoms with E-state index >= 15 is 0 Å². The van der Waals surface area contributed by atoms with Crippen molar-refractivity contribution in [3.8, 4) is 11.4 Å². The molecule has 17 heavy (non-hydrogen) atoms. The highest BCUT2D eigenvalue weighted by Gasteiger charge is 2.13. The Kier molecular flexibility index (Phi) is 3.24. The molecule has 0 unspecified atom stereocenters. The molecule has 0 aliphatic heterocycles. The molecule has 2 aromatic rings. The van der Waals surface area contributed by atoms with Gasteiger partial charge in [-0.05, 0) is 12.1 Å². The monoisotopic (exact) mass is 251 g/mol. The average molecular weight is 251 g/mol. The quantitative estimate of drug-likeness (QED) is 0.591. The fourth-order valence-electron chi connectivity index (χ4n) is 1.19. The Morgan fingerprint density at radius 3 is 3.00 bits per heavy atom. The lowest BCUT2D eigenvalue weighted by Gasteiger charge is -2.01. The van der Waals surface area contributed by atoms with Gasteiger partial charge in [-0.1, -0.05) is 11.8 Å². The minimum absolute atomic E-state index is 0.109. The van der Waals surface area contributed by atoms with E-state index < -0.39 is 5.97 Å². The van der Waals surface area contributed by atoms with Crippen LogP contribution in [0.2, 0.25) is 0 Å². The highest BCUT2D eigenvalue weighted by atomic mass is 32.2. The molecule has 3 N–H and O–H groups in total. The standard InChI is InChI=1S/C9H9N5O2S/c10-14-8(6-2-1-3-11-4-6)12-13-9(14)17-5-7(15)16/h1-4H,5,10H2,(H,15,16). The molecule has 0 radical (unpaired) electrons. The van der Waals surface area contributed by atoms with Gasteiger partial charge in [-0.3, -0.25) is 9.78 Å². The Morgan fingerprint density at radius 2 is 2.35 bits per heavy atom. The van der Waals surface area contributed by atoms with Gasteiger partial charge in [0.05, 0.1) is 5.75 Å². The second kappa shape index (κ2) is 4.83. The molecule has 0 aromatic carbocycles. The van der Waals surface area contributed by atoms with Crippen molar-refractivity contribution in [1.29, 1.82) is 0 Å². The van der Waals surface area contributed by atoms with Gasteiger partial charge in [0.25, 0.3) is 0 Å². The van der Waals surface area contributed by atoms with Crippen molar-refractivity contribution in [2.24, 2.45) is 0 Å². The van der Waals surface area contributed by atoms with Gasteiger partial charge < -0.3 is 10.9 Å². The van der Waals surface area contributed by atoms with Crippen molar-refractivity contribution in [3.05, 3.63) is 24.5 Å². The second-order valence-electron chi connectivity index (χ2n) is 3.10. The third kappa shape index (κ3) is 2.53. The summed E-state index contributed by atoms with van der Waals surface area (Å²) in [5.41, 5.74) is 0.727. The summed E-state index contributed by atoms with van der Waals surface area (Å²) in [4.78, 5) is 14.4. The molecule has 0 fully saturated rings. The number of thioether (sulfide) groups is 1. The number of pyridine rings is 1. The SMILES string of the molecule is Nn1c(SCC(=O)O)nnc1-c1cccnc1. The van der Waals surface area contributed by atoms with Crippen LogP contribution in [0.4, 0.5) is 0 Å². The van der Waals surface area contributed by atoms with E-state index in [0.717, 1.165) is 17.3 Å². The van der Waals surface area contributed by atoms with E-state index in [1.807, 2.05) is 0 Å². The summed E-state index contributed by atoms with van der Waals surface area (Å²) in [6.45, 7) is 0. The van der Waals surface area contributed by atoms with Gasteiger partial charge in [-0.15, -0.1) is 10.2 Å². The van der Waals surface area contributed by atoms with Crippen molar-refractivity contribution in [1.82, 2.24) is 19.9 Å². The van der Waals surface area contributed by atoms with Crippen molar-refractivity contribution in [2.45, 2.75) is 5.16 Å². The zero-order valence-electron chi connectivity index (χ0n) is 8.65. The first kappa shape index (κ1) is 11.4. The fraction of sp³-hybridized carbons (Fsp3) is 0.111. The number of nitrogen functional groups attached to an aromatic ring is 1. The van der Waals surface area contributed by atoms with Crippen LogP contribution in [-0.4, -0.2) is 36.7 Å². The summed E-state index contributed by atoms with van der Waals surface area (Å²) in [5, 5.41) is 16.6. The molecule has 7 nitrogen and oxygen atoms in total. The topological polar surface area (TPSA) is 107 Å². The molecule has 88 valence electrons. The summed E-state index contributed by atoms with van der Waals surface area (Å²) in [5.74, 6) is 5.18. The first-order valence-corrected chi connectivity index (χ1v) is 5.62. The summed E-state index contributed by atoms with van der Waals surface area (Å²) < 4.78 is 1.25. The van der Waals surface area contributed by atoms with Crippen LogP contribution >= 0.6 is 11.8 Å². The molecule has 8 heteroatoms. The number of aliphatic carboxylic acids is 1. The van der Waals surface area contributed by atoms with Crippen LogP contribution in [0.15, 0.2) is 29.7 Å². The summed E-state index contributed by atoms with van der Waals surface area (Å²) in [6.07, 6.45) is 3.25. The van der Waals surface area contributed by atoms with Crippen molar-refractivity contribution >= 4 is 17.7 Å². The maximum atomic E-state index is 10.4. The Hall–Kier alpha value is -2.09. The van der Waals surface area contributed by atoms with Gasteiger partial charge in [0.2, 0.25) is 5.16 Å². The first-order valence-electron chi connectivity index (χ1n) is 4.64. The van der Waals surface area contributed by atoms with E-state index in [2.05, 4.69) is 15.2 Å². The van der Waals surface area contributed by atoms with Gasteiger partial charge in [-0.2, -0.15) is 0 Å². The Morgan fingerprint density at radius 1 is 1.53 bits per heavy atom. The normalized spacial score (nSPS) is 10.4.